The Morgan fingerprint density at radius 1 is 1.25 bits per heavy atom. The number of nitrogens with zero attached hydrogens (tertiary/aromatic N) is 1. The first-order valence-corrected chi connectivity index (χ1v) is 4.05. The molecule has 0 aromatic heterocycles. The van der Waals surface area contributed by atoms with Crippen LogP contribution in [0.3, 0.4) is 0 Å². The van der Waals surface area contributed by atoms with E-state index in [4.69, 9.17) is 10.2 Å². The lowest BCUT2D eigenvalue weighted by molar-refractivity contribution is -0.131. The summed E-state index contributed by atoms with van der Waals surface area (Å²) in [5.74, 6) is -0.128. The van der Waals surface area contributed by atoms with E-state index in [0.29, 0.717) is 0 Å². The zero-order chi connectivity index (χ0) is 9.72. The van der Waals surface area contributed by atoms with Crippen LogP contribution in [0.15, 0.2) is 0 Å². The van der Waals surface area contributed by atoms with Crippen LogP contribution in [-0.2, 0) is 4.79 Å². The van der Waals surface area contributed by atoms with E-state index in [0.717, 1.165) is 0 Å². The fourth-order valence-electron chi connectivity index (χ4n) is 0.970. The molecule has 0 aliphatic heterocycles. The minimum Gasteiger partial charge on any atom is -0.392 e. The maximum atomic E-state index is 10.9. The minimum absolute atomic E-state index is 0.128. The van der Waals surface area contributed by atoms with Crippen LogP contribution in [0.2, 0.25) is 0 Å². The second-order valence-corrected chi connectivity index (χ2v) is 3.12. The van der Waals surface area contributed by atoms with E-state index >= 15 is 0 Å². The van der Waals surface area contributed by atoms with Gasteiger partial charge in [-0.05, 0) is 13.8 Å². The summed E-state index contributed by atoms with van der Waals surface area (Å²) in [5, 5.41) is 18.0. The smallest absolute Gasteiger partial charge is 0.219 e. The maximum Gasteiger partial charge on any atom is 0.219 e. The molecule has 0 aliphatic rings. The molecule has 0 saturated heterocycles. The fraction of sp³-hybridized carbons (Fsp3) is 0.875. The van der Waals surface area contributed by atoms with Crippen LogP contribution in [0.5, 0.6) is 0 Å². The first-order chi connectivity index (χ1) is 5.43. The van der Waals surface area contributed by atoms with Gasteiger partial charge in [-0.3, -0.25) is 4.79 Å². The number of aliphatic hydroxyl groups is 2. The van der Waals surface area contributed by atoms with E-state index in [1.165, 1.54) is 11.8 Å². The Hall–Kier alpha value is -0.610. The Balaban J connectivity index is 3.96. The van der Waals surface area contributed by atoms with Crippen molar-refractivity contribution >= 4 is 5.91 Å². The molecule has 1 amide bonds. The van der Waals surface area contributed by atoms with Crippen LogP contribution in [0.4, 0.5) is 0 Å². The van der Waals surface area contributed by atoms with Gasteiger partial charge in [-0.25, -0.2) is 0 Å². The molecule has 2 atom stereocenters. The zero-order valence-corrected chi connectivity index (χ0v) is 7.82. The first kappa shape index (κ1) is 11.4. The van der Waals surface area contributed by atoms with Gasteiger partial charge in [0.1, 0.15) is 0 Å². The Morgan fingerprint density at radius 2 is 1.58 bits per heavy atom. The summed E-state index contributed by atoms with van der Waals surface area (Å²) in [4.78, 5) is 12.3. The lowest BCUT2D eigenvalue weighted by atomic mass is 10.3. The standard InChI is InChI=1S/C8H17NO3/c1-6(10)4-9(8(3)12)5-7(2)11/h6-7,10-11H,4-5H2,1-3H3. The monoisotopic (exact) mass is 175 g/mol. The number of rotatable bonds is 4. The molecule has 0 aromatic carbocycles. The summed E-state index contributed by atoms with van der Waals surface area (Å²) in [5.41, 5.74) is 0. The zero-order valence-electron chi connectivity index (χ0n) is 7.82. The predicted molar refractivity (Wildman–Crippen MR) is 45.6 cm³/mol. The number of aliphatic hydroxyl groups excluding tert-OH is 2. The highest BCUT2D eigenvalue weighted by atomic mass is 16.3. The predicted octanol–water partition coefficient (Wildman–Crippen LogP) is -0.403. The summed E-state index contributed by atoms with van der Waals surface area (Å²) in [7, 11) is 0. The summed E-state index contributed by atoms with van der Waals surface area (Å²) in [6, 6.07) is 0. The highest BCUT2D eigenvalue weighted by molar-refractivity contribution is 5.73. The molecule has 0 rings (SSSR count). The van der Waals surface area contributed by atoms with Gasteiger partial charge < -0.3 is 15.1 Å². The van der Waals surface area contributed by atoms with E-state index in [9.17, 15) is 4.79 Å². The molecule has 4 nitrogen and oxygen atoms in total. The molecule has 72 valence electrons. The van der Waals surface area contributed by atoms with Crippen molar-refractivity contribution in [3.63, 3.8) is 0 Å². The van der Waals surface area contributed by atoms with E-state index in [1.54, 1.807) is 13.8 Å². The van der Waals surface area contributed by atoms with Crippen LogP contribution >= 0.6 is 0 Å². The first-order valence-electron chi connectivity index (χ1n) is 4.05. The third-order valence-corrected chi connectivity index (χ3v) is 1.41. The molecular formula is C8H17NO3. The van der Waals surface area contributed by atoms with Crippen LogP contribution in [0.1, 0.15) is 20.8 Å². The third-order valence-electron chi connectivity index (χ3n) is 1.41. The molecule has 0 aromatic rings. The highest BCUT2D eigenvalue weighted by Crippen LogP contribution is 1.95. The molecule has 2 N–H and O–H groups in total. The molecule has 0 bridgehead atoms. The van der Waals surface area contributed by atoms with Crippen LogP contribution in [-0.4, -0.2) is 46.3 Å². The second kappa shape index (κ2) is 5.11. The normalized spacial score (nSPS) is 15.4. The number of hydrogen-bond acceptors (Lipinski definition) is 3. The van der Waals surface area contributed by atoms with Crippen molar-refractivity contribution in [1.29, 1.82) is 0 Å². The van der Waals surface area contributed by atoms with Crippen molar-refractivity contribution in [3.05, 3.63) is 0 Å². The highest BCUT2D eigenvalue weighted by Gasteiger charge is 2.12. The molecule has 0 heterocycles. The van der Waals surface area contributed by atoms with Crippen molar-refractivity contribution in [2.75, 3.05) is 13.1 Å². The van der Waals surface area contributed by atoms with E-state index < -0.39 is 12.2 Å². The van der Waals surface area contributed by atoms with Crippen molar-refractivity contribution in [2.45, 2.75) is 33.0 Å². The summed E-state index contributed by atoms with van der Waals surface area (Å²) < 4.78 is 0. The lowest BCUT2D eigenvalue weighted by Gasteiger charge is -2.23. The topological polar surface area (TPSA) is 60.8 Å². The SMILES string of the molecule is CC(=O)N(CC(C)O)CC(C)O. The van der Waals surface area contributed by atoms with Crippen LogP contribution in [0, 0.1) is 0 Å². The Morgan fingerprint density at radius 3 is 1.75 bits per heavy atom. The Labute approximate surface area is 72.8 Å². The molecule has 2 unspecified atom stereocenters. The van der Waals surface area contributed by atoms with Gasteiger partial charge in [-0.15, -0.1) is 0 Å². The third kappa shape index (κ3) is 5.09. The molecule has 12 heavy (non-hydrogen) atoms. The van der Waals surface area contributed by atoms with Crippen molar-refractivity contribution in [2.24, 2.45) is 0 Å². The van der Waals surface area contributed by atoms with Gasteiger partial charge in [-0.1, -0.05) is 0 Å². The van der Waals surface area contributed by atoms with Crippen molar-refractivity contribution in [1.82, 2.24) is 4.90 Å². The van der Waals surface area contributed by atoms with Gasteiger partial charge in [-0.2, -0.15) is 0 Å². The summed E-state index contributed by atoms with van der Waals surface area (Å²) in [6.45, 7) is 5.20. The molecule has 0 saturated carbocycles. The number of hydrogen-bond donors (Lipinski definition) is 2. The molecular weight excluding hydrogens is 158 g/mol. The average Bonchev–Trinajstić information content (AvgIpc) is 1.83. The largest absolute Gasteiger partial charge is 0.392 e. The summed E-state index contributed by atoms with van der Waals surface area (Å²) in [6.07, 6.45) is -1.10. The number of carbonyl (C=O) groups excluding carboxylic acids is 1. The van der Waals surface area contributed by atoms with E-state index in [1.807, 2.05) is 0 Å². The fourth-order valence-corrected chi connectivity index (χ4v) is 0.970. The maximum absolute atomic E-state index is 10.9. The molecule has 0 spiro atoms. The van der Waals surface area contributed by atoms with Crippen molar-refractivity contribution in [3.8, 4) is 0 Å². The summed E-state index contributed by atoms with van der Waals surface area (Å²) >= 11 is 0. The molecule has 0 aliphatic carbocycles. The van der Waals surface area contributed by atoms with Crippen LogP contribution < -0.4 is 0 Å². The number of amides is 1. The molecule has 0 fully saturated rings. The molecule has 4 heteroatoms. The van der Waals surface area contributed by atoms with Gasteiger partial charge >= 0.3 is 0 Å². The Kier molecular flexibility index (Phi) is 4.85. The van der Waals surface area contributed by atoms with Gasteiger partial charge in [0, 0.05) is 20.0 Å². The van der Waals surface area contributed by atoms with Gasteiger partial charge in [0.15, 0.2) is 0 Å². The van der Waals surface area contributed by atoms with E-state index in [-0.39, 0.29) is 19.0 Å². The quantitative estimate of drug-likeness (QED) is 0.611. The van der Waals surface area contributed by atoms with Crippen LogP contribution in [0.25, 0.3) is 0 Å². The second-order valence-electron chi connectivity index (χ2n) is 3.12. The van der Waals surface area contributed by atoms with Gasteiger partial charge in [0.25, 0.3) is 0 Å². The minimum atomic E-state index is -0.548. The van der Waals surface area contributed by atoms with E-state index in [2.05, 4.69) is 0 Å². The molecule has 0 radical (unpaired) electrons. The average molecular weight is 175 g/mol. The van der Waals surface area contributed by atoms with Gasteiger partial charge in [0.2, 0.25) is 5.91 Å². The number of carbonyl (C=O) groups is 1. The van der Waals surface area contributed by atoms with Crippen molar-refractivity contribution < 1.29 is 15.0 Å². The lowest BCUT2D eigenvalue weighted by Crippen LogP contribution is -2.39. The van der Waals surface area contributed by atoms with Gasteiger partial charge in [0.05, 0.1) is 12.2 Å². The Bertz CT molecular complexity index is 135.